The van der Waals surface area contributed by atoms with Crippen LogP contribution in [0.2, 0.25) is 0 Å². The van der Waals surface area contributed by atoms with E-state index in [4.69, 9.17) is 4.74 Å². The summed E-state index contributed by atoms with van der Waals surface area (Å²) in [6, 6.07) is 2.69. The van der Waals surface area contributed by atoms with Crippen LogP contribution in [0, 0.1) is 6.92 Å². The minimum absolute atomic E-state index is 0.474. The summed E-state index contributed by atoms with van der Waals surface area (Å²) >= 11 is 0. The number of methoxy groups -OCH3 is 1. The second kappa shape index (κ2) is 8.12. The van der Waals surface area contributed by atoms with Crippen molar-refractivity contribution in [2.24, 2.45) is 0 Å². The summed E-state index contributed by atoms with van der Waals surface area (Å²) in [5.74, 6) is 1.10. The zero-order valence-electron chi connectivity index (χ0n) is 12.9. The van der Waals surface area contributed by atoms with Crippen molar-refractivity contribution in [3.63, 3.8) is 0 Å². The SMILES string of the molecule is CCN(c1ncc(CNCCOC)cc1C)C(C)C. The van der Waals surface area contributed by atoms with Crippen LogP contribution >= 0.6 is 0 Å². The average Bonchev–Trinajstić information content (AvgIpc) is 2.37. The highest BCUT2D eigenvalue weighted by molar-refractivity contribution is 5.47. The number of hydrogen-bond acceptors (Lipinski definition) is 4. The minimum Gasteiger partial charge on any atom is -0.383 e. The Kier molecular flexibility index (Phi) is 6.81. The smallest absolute Gasteiger partial charge is 0.131 e. The van der Waals surface area contributed by atoms with E-state index in [9.17, 15) is 0 Å². The average molecular weight is 265 g/mol. The number of aromatic nitrogens is 1. The molecule has 4 nitrogen and oxygen atoms in total. The van der Waals surface area contributed by atoms with E-state index in [0.717, 1.165) is 32.1 Å². The summed E-state index contributed by atoms with van der Waals surface area (Å²) in [6.07, 6.45) is 1.97. The van der Waals surface area contributed by atoms with Crippen LogP contribution in [0.4, 0.5) is 5.82 Å². The summed E-state index contributed by atoms with van der Waals surface area (Å²) in [4.78, 5) is 6.94. The normalized spacial score (nSPS) is 11.1. The molecule has 1 N–H and O–H groups in total. The number of anilines is 1. The number of pyridine rings is 1. The summed E-state index contributed by atoms with van der Waals surface area (Å²) in [5.41, 5.74) is 2.46. The third kappa shape index (κ3) is 4.80. The van der Waals surface area contributed by atoms with E-state index in [1.807, 2.05) is 6.20 Å². The Bertz CT molecular complexity index is 380. The van der Waals surface area contributed by atoms with E-state index < -0.39 is 0 Å². The molecule has 0 radical (unpaired) electrons. The molecule has 4 heteroatoms. The fourth-order valence-electron chi connectivity index (χ4n) is 2.19. The summed E-state index contributed by atoms with van der Waals surface area (Å²) in [6.45, 7) is 12.1. The Hall–Kier alpha value is -1.13. The maximum atomic E-state index is 5.01. The Morgan fingerprint density at radius 2 is 2.16 bits per heavy atom. The Morgan fingerprint density at radius 1 is 1.42 bits per heavy atom. The molecule has 0 aliphatic rings. The van der Waals surface area contributed by atoms with E-state index in [0.29, 0.717) is 6.04 Å². The second-order valence-electron chi connectivity index (χ2n) is 5.03. The van der Waals surface area contributed by atoms with Gasteiger partial charge in [-0.25, -0.2) is 4.98 Å². The summed E-state index contributed by atoms with van der Waals surface area (Å²) in [7, 11) is 1.72. The van der Waals surface area contributed by atoms with Gasteiger partial charge in [0.1, 0.15) is 5.82 Å². The molecule has 1 rings (SSSR count). The van der Waals surface area contributed by atoms with Gasteiger partial charge in [-0.05, 0) is 44.9 Å². The van der Waals surface area contributed by atoms with Gasteiger partial charge in [0.15, 0.2) is 0 Å². The molecular formula is C15H27N3O. The molecule has 0 atom stereocenters. The van der Waals surface area contributed by atoms with Crippen LogP contribution < -0.4 is 10.2 Å². The first-order valence-corrected chi connectivity index (χ1v) is 7.02. The van der Waals surface area contributed by atoms with Crippen LogP contribution in [0.3, 0.4) is 0 Å². The molecule has 108 valence electrons. The van der Waals surface area contributed by atoms with Gasteiger partial charge in [0.05, 0.1) is 6.61 Å². The molecule has 0 spiro atoms. The number of ether oxygens (including phenoxy) is 1. The monoisotopic (exact) mass is 265 g/mol. The molecule has 1 aromatic heterocycles. The first-order valence-electron chi connectivity index (χ1n) is 7.02. The van der Waals surface area contributed by atoms with Crippen molar-refractivity contribution >= 4 is 5.82 Å². The number of rotatable bonds is 8. The molecule has 0 saturated carbocycles. The van der Waals surface area contributed by atoms with Gasteiger partial charge in [-0.1, -0.05) is 0 Å². The number of nitrogens with one attached hydrogen (secondary N) is 1. The van der Waals surface area contributed by atoms with Gasteiger partial charge in [-0.2, -0.15) is 0 Å². The van der Waals surface area contributed by atoms with E-state index in [2.05, 4.69) is 49.0 Å². The Morgan fingerprint density at radius 3 is 2.68 bits per heavy atom. The summed E-state index contributed by atoms with van der Waals surface area (Å²) < 4.78 is 5.01. The van der Waals surface area contributed by atoms with Gasteiger partial charge in [-0.3, -0.25) is 0 Å². The van der Waals surface area contributed by atoms with Crippen molar-refractivity contribution < 1.29 is 4.74 Å². The van der Waals surface area contributed by atoms with E-state index in [-0.39, 0.29) is 0 Å². The molecule has 0 unspecified atom stereocenters. The van der Waals surface area contributed by atoms with E-state index >= 15 is 0 Å². The van der Waals surface area contributed by atoms with Crippen molar-refractivity contribution in [2.45, 2.75) is 40.3 Å². The zero-order chi connectivity index (χ0) is 14.3. The van der Waals surface area contributed by atoms with Crippen LogP contribution in [-0.2, 0) is 11.3 Å². The molecule has 0 bridgehead atoms. The lowest BCUT2D eigenvalue weighted by Crippen LogP contribution is -2.31. The third-order valence-electron chi connectivity index (χ3n) is 3.16. The fraction of sp³-hybridized carbons (Fsp3) is 0.667. The lowest BCUT2D eigenvalue weighted by atomic mass is 10.1. The van der Waals surface area contributed by atoms with Crippen LogP contribution in [0.15, 0.2) is 12.3 Å². The topological polar surface area (TPSA) is 37.4 Å². The van der Waals surface area contributed by atoms with Crippen molar-refractivity contribution in [1.82, 2.24) is 10.3 Å². The minimum atomic E-state index is 0.474. The quantitative estimate of drug-likeness (QED) is 0.732. The maximum Gasteiger partial charge on any atom is 0.131 e. The van der Waals surface area contributed by atoms with Gasteiger partial charge in [0, 0.05) is 39.0 Å². The molecule has 1 aromatic rings. The second-order valence-corrected chi connectivity index (χ2v) is 5.03. The number of hydrogen-bond donors (Lipinski definition) is 1. The standard InChI is InChI=1S/C15H27N3O/c1-6-18(12(2)3)15-13(4)9-14(11-17-15)10-16-7-8-19-5/h9,11-12,16H,6-8,10H2,1-5H3. The zero-order valence-corrected chi connectivity index (χ0v) is 12.9. The lowest BCUT2D eigenvalue weighted by molar-refractivity contribution is 0.199. The molecule has 0 fully saturated rings. The molecule has 0 aliphatic heterocycles. The Labute approximate surface area is 117 Å². The van der Waals surface area contributed by atoms with Crippen molar-refractivity contribution in [1.29, 1.82) is 0 Å². The lowest BCUT2D eigenvalue weighted by Gasteiger charge is -2.28. The van der Waals surface area contributed by atoms with Crippen molar-refractivity contribution in [3.05, 3.63) is 23.4 Å². The highest BCUT2D eigenvalue weighted by Crippen LogP contribution is 2.19. The van der Waals surface area contributed by atoms with Gasteiger partial charge in [0.2, 0.25) is 0 Å². The Balaban J connectivity index is 2.68. The van der Waals surface area contributed by atoms with Crippen molar-refractivity contribution in [3.8, 4) is 0 Å². The van der Waals surface area contributed by atoms with Crippen LogP contribution in [0.5, 0.6) is 0 Å². The van der Waals surface area contributed by atoms with Crippen molar-refractivity contribution in [2.75, 3.05) is 31.7 Å². The highest BCUT2D eigenvalue weighted by Gasteiger charge is 2.12. The van der Waals surface area contributed by atoms with E-state index in [1.54, 1.807) is 7.11 Å². The largest absolute Gasteiger partial charge is 0.383 e. The maximum absolute atomic E-state index is 5.01. The summed E-state index contributed by atoms with van der Waals surface area (Å²) in [5, 5.41) is 3.34. The molecule has 0 aliphatic carbocycles. The number of aryl methyl sites for hydroxylation is 1. The van der Waals surface area contributed by atoms with Crippen LogP contribution in [-0.4, -0.2) is 37.8 Å². The van der Waals surface area contributed by atoms with Crippen LogP contribution in [0.25, 0.3) is 0 Å². The first kappa shape index (κ1) is 15.9. The predicted octanol–water partition coefficient (Wildman–Crippen LogP) is 2.36. The van der Waals surface area contributed by atoms with Gasteiger partial charge in [0.25, 0.3) is 0 Å². The van der Waals surface area contributed by atoms with Gasteiger partial charge in [-0.15, -0.1) is 0 Å². The van der Waals surface area contributed by atoms with Gasteiger partial charge < -0.3 is 15.0 Å². The van der Waals surface area contributed by atoms with E-state index in [1.165, 1.54) is 11.1 Å². The first-order chi connectivity index (χ1) is 9.10. The van der Waals surface area contributed by atoms with Gasteiger partial charge >= 0.3 is 0 Å². The van der Waals surface area contributed by atoms with Crippen LogP contribution in [0.1, 0.15) is 31.9 Å². The molecule has 0 saturated heterocycles. The molecular weight excluding hydrogens is 238 g/mol. The molecule has 1 heterocycles. The predicted molar refractivity (Wildman–Crippen MR) is 80.7 cm³/mol. The molecule has 0 aromatic carbocycles. The number of nitrogens with zero attached hydrogens (tertiary/aromatic N) is 2. The highest BCUT2D eigenvalue weighted by atomic mass is 16.5. The molecule has 19 heavy (non-hydrogen) atoms. The fourth-order valence-corrected chi connectivity index (χ4v) is 2.19. The molecule has 0 amide bonds. The third-order valence-corrected chi connectivity index (χ3v) is 3.16.